The molecule has 0 aliphatic rings. The molecule has 0 fully saturated rings. The fourth-order valence-electron chi connectivity index (χ4n) is 1.10. The molecule has 0 aromatic carbocycles. The molecule has 2 unspecified atom stereocenters. The van der Waals surface area contributed by atoms with Gasteiger partial charge in [-0.1, -0.05) is 21.6 Å². The van der Waals surface area contributed by atoms with E-state index in [1.54, 1.807) is 0 Å². The highest BCUT2D eigenvalue weighted by atomic mass is 33.1. The average molecular weight is 378 g/mol. The molecule has 0 rings (SSSR count). The Morgan fingerprint density at radius 2 is 1.52 bits per heavy atom. The quantitative estimate of drug-likeness (QED) is 0.299. The summed E-state index contributed by atoms with van der Waals surface area (Å²) in [6, 6.07) is -2.35. The Balaban J connectivity index is 4.35. The summed E-state index contributed by atoms with van der Waals surface area (Å²) in [5, 5.41) is 8.55. The summed E-state index contributed by atoms with van der Waals surface area (Å²) in [7, 11) is 2.06. The number of rotatable bonds is 9. The normalized spacial score (nSPS) is 14.9. The minimum absolute atomic E-state index is 0.0495. The molecule has 0 radical (unpaired) electrons. The Bertz CT molecular complexity index is 459. The van der Waals surface area contributed by atoms with Crippen molar-refractivity contribution in [2.24, 2.45) is 11.5 Å². The smallest absolute Gasteiger partial charge is 0.454 e. The van der Waals surface area contributed by atoms with Crippen LogP contribution in [0.1, 0.15) is 13.8 Å². The number of hydrogen-bond donors (Lipinski definition) is 3. The van der Waals surface area contributed by atoms with Crippen molar-refractivity contribution in [2.45, 2.75) is 37.7 Å². The Labute approximate surface area is 138 Å². The summed E-state index contributed by atoms with van der Waals surface area (Å²) >= 11 is 0. The topological polar surface area (TPSA) is 133 Å². The lowest BCUT2D eigenvalue weighted by atomic mass is 10.0. The predicted molar refractivity (Wildman–Crippen MR) is 79.7 cm³/mol. The summed E-state index contributed by atoms with van der Waals surface area (Å²) in [5.41, 5.74) is 8.33. The Morgan fingerprint density at radius 3 is 1.91 bits per heavy atom. The summed E-state index contributed by atoms with van der Waals surface area (Å²) in [4.78, 5) is 33.2. The van der Waals surface area contributed by atoms with Crippen LogP contribution in [0, 0.1) is 0 Å². The van der Waals surface area contributed by atoms with Gasteiger partial charge in [0.25, 0.3) is 5.78 Å². The van der Waals surface area contributed by atoms with Crippen molar-refractivity contribution in [1.29, 1.82) is 0 Å². The lowest BCUT2D eigenvalue weighted by Gasteiger charge is -2.25. The molecule has 23 heavy (non-hydrogen) atoms. The van der Waals surface area contributed by atoms with Crippen LogP contribution in [0.25, 0.3) is 0 Å². The highest BCUT2D eigenvalue weighted by Crippen LogP contribution is 2.27. The number of halogens is 3. The molecule has 0 amide bonds. The van der Waals surface area contributed by atoms with Crippen molar-refractivity contribution in [3.05, 3.63) is 0 Å². The Hall–Kier alpha value is -0.980. The van der Waals surface area contributed by atoms with Gasteiger partial charge in [0.2, 0.25) is 0 Å². The van der Waals surface area contributed by atoms with Gasteiger partial charge in [-0.2, -0.15) is 13.2 Å². The van der Waals surface area contributed by atoms with Gasteiger partial charge in [0, 0.05) is 11.5 Å². The Morgan fingerprint density at radius 1 is 1.09 bits per heavy atom. The third kappa shape index (κ3) is 7.90. The van der Waals surface area contributed by atoms with Gasteiger partial charge < -0.3 is 21.3 Å². The molecule has 0 saturated carbocycles. The van der Waals surface area contributed by atoms with Gasteiger partial charge in [-0.05, 0) is 13.8 Å². The van der Waals surface area contributed by atoms with Crippen LogP contribution in [-0.2, 0) is 19.1 Å². The first-order valence-corrected chi connectivity index (χ1v) is 8.60. The van der Waals surface area contributed by atoms with E-state index in [1.807, 2.05) is 0 Å². The molecule has 0 saturated heterocycles. The van der Waals surface area contributed by atoms with Crippen LogP contribution in [0.4, 0.5) is 13.2 Å². The average Bonchev–Trinajstić information content (AvgIpc) is 2.40. The van der Waals surface area contributed by atoms with Crippen molar-refractivity contribution in [3.8, 4) is 0 Å². The number of ketones is 1. The van der Waals surface area contributed by atoms with Gasteiger partial charge in [0.15, 0.2) is 5.60 Å². The van der Waals surface area contributed by atoms with E-state index in [2.05, 4.69) is 4.74 Å². The van der Waals surface area contributed by atoms with Crippen LogP contribution in [0.15, 0.2) is 0 Å². The van der Waals surface area contributed by atoms with Crippen molar-refractivity contribution in [3.63, 3.8) is 0 Å². The van der Waals surface area contributed by atoms with Crippen LogP contribution >= 0.6 is 21.6 Å². The molecular formula is C11H17F3N2O5S2. The first kappa shape index (κ1) is 22.0. The zero-order valence-electron chi connectivity index (χ0n) is 12.3. The van der Waals surface area contributed by atoms with Crippen molar-refractivity contribution >= 4 is 39.3 Å². The number of carbonyl (C=O) groups excluding carboxylic acids is 2. The number of Topliss-reactive ketones (excluding diaryl/α,β-unsaturated/α-hetero) is 1. The molecule has 0 aliphatic carbocycles. The molecule has 0 aromatic heterocycles. The SMILES string of the molecule is CC(C)(OC(=O)C(N)CSSCC(N)C(=O)O)C(=O)C(F)(F)F. The molecular weight excluding hydrogens is 361 g/mol. The number of carboxylic acids is 1. The summed E-state index contributed by atoms with van der Waals surface area (Å²) in [6.07, 6.45) is -5.13. The van der Waals surface area contributed by atoms with Gasteiger partial charge in [0.1, 0.15) is 12.1 Å². The molecule has 0 spiro atoms. The van der Waals surface area contributed by atoms with Gasteiger partial charge in [-0.15, -0.1) is 0 Å². The molecule has 0 aromatic rings. The number of alkyl halides is 3. The maximum atomic E-state index is 12.3. The Kier molecular flexibility index (Phi) is 8.38. The van der Waals surface area contributed by atoms with E-state index < -0.39 is 41.6 Å². The van der Waals surface area contributed by atoms with Gasteiger partial charge in [-0.3, -0.25) is 14.4 Å². The van der Waals surface area contributed by atoms with Crippen LogP contribution in [0.2, 0.25) is 0 Å². The second-order valence-electron chi connectivity index (χ2n) is 4.88. The lowest BCUT2D eigenvalue weighted by Crippen LogP contribution is -2.48. The van der Waals surface area contributed by atoms with Crippen molar-refractivity contribution in [1.82, 2.24) is 0 Å². The number of carboxylic acid groups (broad SMARTS) is 1. The molecule has 5 N–H and O–H groups in total. The van der Waals surface area contributed by atoms with E-state index in [9.17, 15) is 27.6 Å². The number of aliphatic carboxylic acids is 1. The van der Waals surface area contributed by atoms with Crippen LogP contribution in [0.3, 0.4) is 0 Å². The van der Waals surface area contributed by atoms with Gasteiger partial charge in [-0.25, -0.2) is 0 Å². The highest BCUT2D eigenvalue weighted by molar-refractivity contribution is 8.76. The fraction of sp³-hybridized carbons (Fsp3) is 0.727. The zero-order chi connectivity index (χ0) is 18.4. The third-order valence-electron chi connectivity index (χ3n) is 2.36. The van der Waals surface area contributed by atoms with Gasteiger partial charge >= 0.3 is 18.1 Å². The largest absolute Gasteiger partial charge is 0.480 e. The summed E-state index contributed by atoms with van der Waals surface area (Å²) in [6.45, 7) is 1.64. The molecule has 12 heteroatoms. The first-order valence-electron chi connectivity index (χ1n) is 6.12. The first-order chi connectivity index (χ1) is 10.3. The van der Waals surface area contributed by atoms with Gasteiger partial charge in [0.05, 0.1) is 0 Å². The van der Waals surface area contributed by atoms with Crippen molar-refractivity contribution in [2.75, 3.05) is 11.5 Å². The maximum Gasteiger partial charge on any atom is 0.454 e. The monoisotopic (exact) mass is 378 g/mol. The molecule has 0 aliphatic heterocycles. The minimum Gasteiger partial charge on any atom is -0.480 e. The number of carbonyl (C=O) groups is 3. The number of hydrogen-bond acceptors (Lipinski definition) is 8. The number of esters is 1. The number of ether oxygens (including phenoxy) is 1. The van der Waals surface area contributed by atoms with Crippen molar-refractivity contribution < 1.29 is 37.4 Å². The third-order valence-corrected chi connectivity index (χ3v) is 4.83. The molecule has 0 bridgehead atoms. The lowest BCUT2D eigenvalue weighted by molar-refractivity contribution is -0.195. The minimum atomic E-state index is -5.13. The second kappa shape index (κ2) is 8.76. The molecule has 7 nitrogen and oxygen atoms in total. The fourth-order valence-corrected chi connectivity index (χ4v) is 3.32. The van der Waals surface area contributed by atoms with E-state index >= 15 is 0 Å². The maximum absolute atomic E-state index is 12.3. The predicted octanol–water partition coefficient (Wildman–Crippen LogP) is 0.560. The van der Waals surface area contributed by atoms with E-state index in [4.69, 9.17) is 16.6 Å². The molecule has 2 atom stereocenters. The number of nitrogens with two attached hydrogens (primary N) is 2. The zero-order valence-corrected chi connectivity index (χ0v) is 13.9. The van der Waals surface area contributed by atoms with E-state index in [0.29, 0.717) is 0 Å². The van der Waals surface area contributed by atoms with Crippen LogP contribution in [-0.4, -0.2) is 58.2 Å². The second-order valence-corrected chi connectivity index (χ2v) is 7.43. The van der Waals surface area contributed by atoms with E-state index in [0.717, 1.165) is 35.4 Å². The highest BCUT2D eigenvalue weighted by Gasteiger charge is 2.50. The standard InChI is InChI=1S/C11H17F3N2O5S2/c1-10(2,9(20)11(12,13)14)21-8(19)6(16)4-23-22-3-5(15)7(17)18/h5-6H,3-4,15-16H2,1-2H3,(H,17,18). The van der Waals surface area contributed by atoms with Crippen LogP contribution < -0.4 is 11.5 Å². The van der Waals surface area contributed by atoms with E-state index in [1.165, 1.54) is 0 Å². The van der Waals surface area contributed by atoms with E-state index in [-0.39, 0.29) is 11.5 Å². The summed E-state index contributed by atoms with van der Waals surface area (Å²) < 4.78 is 41.6. The summed E-state index contributed by atoms with van der Waals surface area (Å²) in [5.74, 6) is -4.54. The molecule has 134 valence electrons. The molecule has 0 heterocycles. The van der Waals surface area contributed by atoms with Crippen LogP contribution in [0.5, 0.6) is 0 Å².